The van der Waals surface area contributed by atoms with Crippen molar-refractivity contribution in [2.75, 3.05) is 9.80 Å². The topological polar surface area (TPSA) is 32.8 Å². The summed E-state index contributed by atoms with van der Waals surface area (Å²) in [5, 5.41) is 10.5. The number of anilines is 3. The molecular weight excluding hydrogens is 841 g/mol. The van der Waals surface area contributed by atoms with E-state index in [1.54, 1.807) is 0 Å². The van der Waals surface area contributed by atoms with Crippen molar-refractivity contribution in [3.8, 4) is 0 Å². The van der Waals surface area contributed by atoms with E-state index in [1.807, 2.05) is 6.08 Å². The highest BCUT2D eigenvalue weighted by atomic mass is 16.3. The smallest absolute Gasteiger partial charge is 0.159 e. The monoisotopic (exact) mass is 900 g/mol. The molecule has 2 aromatic heterocycles. The Balaban J connectivity index is 1.12. The van der Waals surface area contributed by atoms with Crippen molar-refractivity contribution in [2.45, 2.75) is 96.8 Å². The molecule has 0 saturated heterocycles. The number of hydrogen-bond acceptors (Lipinski definition) is 4. The van der Waals surface area contributed by atoms with Gasteiger partial charge in [-0.1, -0.05) is 154 Å². The van der Waals surface area contributed by atoms with E-state index in [1.165, 1.54) is 106 Å². The van der Waals surface area contributed by atoms with Gasteiger partial charge in [-0.2, -0.15) is 0 Å². The Labute approximate surface area is 405 Å². The Hall–Kier alpha value is -7.30. The fraction of sp³-hybridized carbons (Fsp3) is 0.231. The molecule has 12 rings (SSSR count). The van der Waals surface area contributed by atoms with Gasteiger partial charge >= 0.3 is 0 Å². The number of fused-ring (bicyclic) bond motifs is 6. The van der Waals surface area contributed by atoms with E-state index < -0.39 is 0 Å². The average molecular weight is 901 g/mol. The van der Waals surface area contributed by atoms with Crippen LogP contribution in [0.1, 0.15) is 112 Å². The lowest BCUT2D eigenvalue weighted by Crippen LogP contribution is -2.20. The summed E-state index contributed by atoms with van der Waals surface area (Å²) in [5.74, 6) is 1.07. The van der Waals surface area contributed by atoms with Gasteiger partial charge in [-0.25, -0.2) is 0 Å². The maximum Gasteiger partial charge on any atom is 0.159 e. The van der Waals surface area contributed by atoms with E-state index in [-0.39, 0.29) is 0 Å². The van der Waals surface area contributed by atoms with Crippen molar-refractivity contribution in [2.24, 2.45) is 0 Å². The first kappa shape index (κ1) is 43.0. The minimum Gasteiger partial charge on any atom is -0.454 e. The van der Waals surface area contributed by atoms with Gasteiger partial charge in [0.1, 0.15) is 11.2 Å². The lowest BCUT2D eigenvalue weighted by atomic mass is 9.89. The lowest BCUT2D eigenvalue weighted by Gasteiger charge is -2.31. The molecule has 3 aliphatic rings. The second-order valence-electron chi connectivity index (χ2n) is 19.8. The minimum absolute atomic E-state index is 0.527. The molecule has 69 heavy (non-hydrogen) atoms. The number of nitrogens with zero attached hydrogens (tertiary/aromatic N) is 2. The van der Waals surface area contributed by atoms with Gasteiger partial charge < -0.3 is 18.6 Å². The van der Waals surface area contributed by atoms with Gasteiger partial charge in [-0.3, -0.25) is 0 Å². The Morgan fingerprint density at radius 3 is 1.84 bits per heavy atom. The molecule has 2 saturated carbocycles. The molecule has 7 aromatic carbocycles. The molecule has 2 heterocycles. The van der Waals surface area contributed by atoms with Crippen LogP contribution in [0.2, 0.25) is 0 Å². The molecule has 0 unspecified atom stereocenters. The zero-order chi connectivity index (χ0) is 46.8. The van der Waals surface area contributed by atoms with Crippen LogP contribution in [-0.2, 0) is 0 Å². The molecule has 0 spiro atoms. The largest absolute Gasteiger partial charge is 0.454 e. The maximum absolute atomic E-state index is 7.19. The highest BCUT2D eigenvalue weighted by Gasteiger charge is 2.28. The molecule has 0 bridgehead atoms. The number of para-hydroxylation sites is 4. The van der Waals surface area contributed by atoms with Crippen LogP contribution in [0.15, 0.2) is 179 Å². The van der Waals surface area contributed by atoms with Crippen LogP contribution in [0.3, 0.4) is 0 Å². The van der Waals surface area contributed by atoms with Crippen molar-refractivity contribution >= 4 is 94.3 Å². The van der Waals surface area contributed by atoms with Crippen LogP contribution >= 0.6 is 0 Å². The van der Waals surface area contributed by atoms with Crippen LogP contribution in [-0.4, -0.2) is 0 Å². The predicted octanol–water partition coefficient (Wildman–Crippen LogP) is 18.4. The van der Waals surface area contributed by atoms with Gasteiger partial charge in [0.15, 0.2) is 11.2 Å². The zero-order valence-electron chi connectivity index (χ0n) is 40.3. The van der Waals surface area contributed by atoms with Crippen molar-refractivity contribution in [3.05, 3.63) is 198 Å². The summed E-state index contributed by atoms with van der Waals surface area (Å²) in [6.07, 6.45) is 29.2. The Morgan fingerprint density at radius 1 is 0.652 bits per heavy atom. The summed E-state index contributed by atoms with van der Waals surface area (Å²) in [6, 6.07) is 38.4. The van der Waals surface area contributed by atoms with Crippen molar-refractivity contribution in [1.29, 1.82) is 0 Å². The third kappa shape index (κ3) is 7.18. The Morgan fingerprint density at radius 2 is 1.25 bits per heavy atom. The normalized spacial score (nSPS) is 16.5. The van der Waals surface area contributed by atoms with E-state index >= 15 is 0 Å². The van der Waals surface area contributed by atoms with Gasteiger partial charge in [0.25, 0.3) is 0 Å². The third-order valence-corrected chi connectivity index (χ3v) is 15.6. The van der Waals surface area contributed by atoms with Gasteiger partial charge in [-0.05, 0) is 151 Å². The fourth-order valence-corrected chi connectivity index (χ4v) is 12.3. The van der Waals surface area contributed by atoms with E-state index in [0.717, 1.165) is 85.1 Å². The number of benzene rings is 7. The van der Waals surface area contributed by atoms with Crippen LogP contribution in [0.25, 0.3) is 77.2 Å². The van der Waals surface area contributed by atoms with Gasteiger partial charge in [0, 0.05) is 44.5 Å². The van der Waals surface area contributed by atoms with E-state index in [4.69, 9.17) is 8.83 Å². The summed E-state index contributed by atoms with van der Waals surface area (Å²) in [5.41, 5.74) is 15.3. The van der Waals surface area contributed by atoms with E-state index in [9.17, 15) is 0 Å². The highest BCUT2D eigenvalue weighted by molar-refractivity contribution is 6.20. The summed E-state index contributed by atoms with van der Waals surface area (Å²) in [4.78, 5) is 4.79. The third-order valence-electron chi connectivity index (χ3n) is 15.6. The number of furan rings is 2. The van der Waals surface area contributed by atoms with Gasteiger partial charge in [-0.15, -0.1) is 0 Å². The first-order valence-electron chi connectivity index (χ1n) is 25.4. The quantitative estimate of drug-likeness (QED) is 0.121. The van der Waals surface area contributed by atoms with Crippen molar-refractivity contribution in [3.63, 3.8) is 0 Å². The second kappa shape index (κ2) is 17.7. The second-order valence-corrected chi connectivity index (χ2v) is 19.8. The minimum atomic E-state index is 0.527. The molecule has 4 heteroatoms. The van der Waals surface area contributed by atoms with Crippen LogP contribution in [0.5, 0.6) is 0 Å². The fourth-order valence-electron chi connectivity index (χ4n) is 12.3. The predicted molar refractivity (Wildman–Crippen MR) is 295 cm³/mol. The molecular formula is C65H60N2O2. The highest BCUT2D eigenvalue weighted by Crippen LogP contribution is 2.49. The molecule has 0 atom stereocenters. The van der Waals surface area contributed by atoms with E-state index in [2.05, 4.69) is 190 Å². The Kier molecular flexibility index (Phi) is 11.0. The molecule has 0 amide bonds. The number of rotatable bonds is 11. The summed E-state index contributed by atoms with van der Waals surface area (Å²) in [7, 11) is 0. The summed E-state index contributed by atoms with van der Waals surface area (Å²) in [6.45, 7) is 15.4. The van der Waals surface area contributed by atoms with E-state index in [0.29, 0.717) is 11.8 Å². The maximum atomic E-state index is 7.19. The zero-order valence-corrected chi connectivity index (χ0v) is 40.3. The molecule has 4 nitrogen and oxygen atoms in total. The molecule has 0 aliphatic heterocycles. The number of allylic oxidation sites excluding steroid dienone is 9. The van der Waals surface area contributed by atoms with Crippen molar-refractivity contribution in [1.82, 2.24) is 0 Å². The summed E-state index contributed by atoms with van der Waals surface area (Å²) >= 11 is 0. The standard InChI is InChI=1S/C65H60N2O2/c1-6-8-24-46(7-2)66(57-33-18-31-54-52-29-16-27-50(43-20-12-13-21-43)62(52)68-64(54)57)40-45-35-36-49-42(5)39-59(56-38-37-48(41(3)4)60(45)61(49)56)67(47-25-10-9-11-26-47)58-34-19-32-55-53-30-17-28-51(44-22-14-15-23-44)63(53)69-65(55)58/h6-10,16-19,24-25,27-40,43-44H,2-3,11-15,20-23,26H2,1,4-5H3/b8-6-,45-40+,46-24+. The lowest BCUT2D eigenvalue weighted by molar-refractivity contribution is 0.642. The first-order chi connectivity index (χ1) is 33.9. The van der Waals surface area contributed by atoms with Gasteiger partial charge in [0.05, 0.1) is 17.1 Å². The van der Waals surface area contributed by atoms with Crippen LogP contribution in [0, 0.1) is 6.92 Å². The Bertz CT molecular complexity index is 3720. The molecule has 342 valence electrons. The SMILES string of the molecule is C=C/C(=C\C=C/C)N(/C=c1\ccc2c(C)cc(N(C3=CC=CCC3)c3cccc4c3oc3c(C5CCCC5)cccc34)c3ccc(C(=C)C)c1c23)c1cccc2c1oc1c(C3CCCC3)cccc12. The van der Waals surface area contributed by atoms with Crippen LogP contribution in [0.4, 0.5) is 17.1 Å². The molecule has 2 fully saturated rings. The first-order valence-corrected chi connectivity index (χ1v) is 25.4. The van der Waals surface area contributed by atoms with Crippen molar-refractivity contribution < 1.29 is 8.83 Å². The molecule has 0 radical (unpaired) electrons. The van der Waals surface area contributed by atoms with Crippen LogP contribution < -0.4 is 15.0 Å². The molecule has 3 aliphatic carbocycles. The summed E-state index contributed by atoms with van der Waals surface area (Å²) < 4.78 is 14.3. The van der Waals surface area contributed by atoms with Gasteiger partial charge in [0.2, 0.25) is 0 Å². The molecule has 9 aromatic rings. The number of aryl methyl sites for hydroxylation is 1. The average Bonchev–Trinajstić information content (AvgIpc) is 4.23. The number of hydrogen-bond donors (Lipinski definition) is 0. The molecule has 0 N–H and O–H groups in total.